The lowest BCUT2D eigenvalue weighted by Crippen LogP contribution is -2.15. The first kappa shape index (κ1) is 20.2. The number of halogens is 1. The largest absolute Gasteiger partial charge is 0.293 e. The zero-order valence-electron chi connectivity index (χ0n) is 16.8. The summed E-state index contributed by atoms with van der Waals surface area (Å²) in [6.45, 7) is 5.56. The molecule has 0 amide bonds. The molecule has 6 heteroatoms. The summed E-state index contributed by atoms with van der Waals surface area (Å²) in [5.41, 5.74) is 4.39. The third-order valence-electron chi connectivity index (χ3n) is 5.60. The van der Waals surface area contributed by atoms with Crippen LogP contribution >= 0.6 is 11.6 Å². The predicted octanol–water partition coefficient (Wildman–Crippen LogP) is 5.18. The van der Waals surface area contributed by atoms with Crippen LogP contribution in [-0.4, -0.2) is 24.1 Å². The van der Waals surface area contributed by atoms with E-state index in [4.69, 9.17) is 11.6 Å². The summed E-state index contributed by atoms with van der Waals surface area (Å²) in [5, 5.41) is 0.626. The van der Waals surface area contributed by atoms with Gasteiger partial charge in [-0.2, -0.15) is 0 Å². The molecule has 1 aromatic heterocycles. The van der Waals surface area contributed by atoms with Crippen LogP contribution in [0, 0.1) is 26.7 Å². The molecule has 2 aromatic carbocycles. The van der Waals surface area contributed by atoms with Gasteiger partial charge in [0.05, 0.1) is 16.3 Å². The van der Waals surface area contributed by atoms with Gasteiger partial charge in [0.2, 0.25) is 0 Å². The highest BCUT2D eigenvalue weighted by atomic mass is 35.5. The molecule has 4 nitrogen and oxygen atoms in total. The van der Waals surface area contributed by atoms with Crippen LogP contribution in [0.25, 0.3) is 10.9 Å². The van der Waals surface area contributed by atoms with E-state index >= 15 is 0 Å². The zero-order chi connectivity index (χ0) is 20.9. The summed E-state index contributed by atoms with van der Waals surface area (Å²) >= 11 is 5.80. The summed E-state index contributed by atoms with van der Waals surface area (Å²) in [6, 6.07) is 9.50. The van der Waals surface area contributed by atoms with Crippen LogP contribution in [0.5, 0.6) is 0 Å². The Morgan fingerprint density at radius 2 is 1.76 bits per heavy atom. The molecule has 0 radical (unpaired) electrons. The number of fused-ring (bicyclic) bond motifs is 1. The molecular formula is C23H24ClNO3S. The number of hydrogen-bond acceptors (Lipinski definition) is 3. The Hall–Kier alpha value is -2.11. The molecule has 0 saturated heterocycles. The van der Waals surface area contributed by atoms with Gasteiger partial charge in [0.25, 0.3) is 10.0 Å². The van der Waals surface area contributed by atoms with E-state index in [2.05, 4.69) is 0 Å². The first-order valence-corrected chi connectivity index (χ1v) is 11.8. The number of nitrogens with zero attached hydrogens (tertiary/aromatic N) is 1. The molecule has 3 aromatic rings. The van der Waals surface area contributed by atoms with E-state index in [0.29, 0.717) is 33.5 Å². The lowest BCUT2D eigenvalue weighted by molar-refractivity contribution is 0.102. The molecule has 0 aliphatic heterocycles. The highest BCUT2D eigenvalue weighted by Crippen LogP contribution is 2.35. The summed E-state index contributed by atoms with van der Waals surface area (Å²) in [4.78, 5) is 12.7. The molecular weight excluding hydrogens is 406 g/mol. The fourth-order valence-corrected chi connectivity index (χ4v) is 6.12. The number of ketones is 1. The number of rotatable bonds is 6. The van der Waals surface area contributed by atoms with Crippen molar-refractivity contribution in [1.82, 2.24) is 3.97 Å². The van der Waals surface area contributed by atoms with Gasteiger partial charge in [0, 0.05) is 17.1 Å². The number of aromatic nitrogens is 1. The Balaban J connectivity index is 1.97. The maximum atomic E-state index is 13.7. The van der Waals surface area contributed by atoms with Crippen molar-refractivity contribution in [2.75, 3.05) is 5.88 Å². The number of carbonyl (C=O) groups is 1. The number of benzene rings is 2. The minimum atomic E-state index is -3.87. The molecule has 0 bridgehead atoms. The van der Waals surface area contributed by atoms with Gasteiger partial charge < -0.3 is 0 Å². The molecule has 1 aliphatic carbocycles. The average Bonchev–Trinajstić information content (AvgIpc) is 3.37. The second kappa shape index (κ2) is 7.29. The summed E-state index contributed by atoms with van der Waals surface area (Å²) in [7, 11) is -3.87. The van der Waals surface area contributed by atoms with E-state index in [0.717, 1.165) is 17.5 Å². The number of aryl methyl sites for hydroxylation is 3. The number of carbonyl (C=O) groups excluding carboxylic acids is 1. The van der Waals surface area contributed by atoms with E-state index in [9.17, 15) is 13.2 Å². The monoisotopic (exact) mass is 429 g/mol. The number of hydrogen-bond donors (Lipinski definition) is 0. The Kier molecular flexibility index (Phi) is 5.07. The van der Waals surface area contributed by atoms with Crippen LogP contribution in [0.3, 0.4) is 0 Å². The van der Waals surface area contributed by atoms with E-state index in [1.54, 1.807) is 0 Å². The maximum Gasteiger partial charge on any atom is 0.268 e. The highest BCUT2D eigenvalue weighted by Gasteiger charge is 2.27. The van der Waals surface area contributed by atoms with Crippen molar-refractivity contribution in [2.24, 2.45) is 5.92 Å². The molecule has 0 atom stereocenters. The van der Waals surface area contributed by atoms with Crippen molar-refractivity contribution in [3.8, 4) is 0 Å². The van der Waals surface area contributed by atoms with Crippen LogP contribution in [0.15, 0.2) is 41.4 Å². The first-order valence-electron chi connectivity index (χ1n) is 9.79. The zero-order valence-corrected chi connectivity index (χ0v) is 18.4. The first-order chi connectivity index (χ1) is 13.7. The Labute approximate surface area is 176 Å². The van der Waals surface area contributed by atoms with Gasteiger partial charge in [-0.3, -0.25) is 4.79 Å². The molecule has 1 fully saturated rings. The Bertz CT molecular complexity index is 1210. The standard InChI is InChI=1S/C23H24ClNO3S/c1-14-8-15(2)23(16(3)9-14)29(27,28)25-13-20(22(26)12-24)19-7-6-18(11-21(19)25)10-17-4-5-17/h6-9,11,13,17H,4-5,10,12H2,1-3H3. The highest BCUT2D eigenvalue weighted by molar-refractivity contribution is 7.90. The fourth-order valence-electron chi connectivity index (χ4n) is 4.19. The third kappa shape index (κ3) is 3.62. The van der Waals surface area contributed by atoms with E-state index in [-0.39, 0.29) is 16.6 Å². The van der Waals surface area contributed by atoms with E-state index < -0.39 is 10.0 Å². The fraction of sp³-hybridized carbons (Fsp3) is 0.348. The summed E-state index contributed by atoms with van der Waals surface area (Å²) in [5.74, 6) is 0.210. The molecule has 1 heterocycles. The topological polar surface area (TPSA) is 56.1 Å². The SMILES string of the molecule is Cc1cc(C)c(S(=O)(=O)n2cc(C(=O)CCl)c3ccc(CC4CC4)cc32)c(C)c1. The smallest absolute Gasteiger partial charge is 0.268 e. The van der Waals surface area contributed by atoms with Gasteiger partial charge in [-0.15, -0.1) is 11.6 Å². The quantitative estimate of drug-likeness (QED) is 0.401. The predicted molar refractivity (Wildman–Crippen MR) is 117 cm³/mol. The van der Waals surface area contributed by atoms with Crippen molar-refractivity contribution in [3.63, 3.8) is 0 Å². The van der Waals surface area contributed by atoms with Crippen molar-refractivity contribution in [2.45, 2.75) is 44.9 Å². The van der Waals surface area contributed by atoms with Crippen molar-refractivity contribution in [3.05, 3.63) is 64.3 Å². The van der Waals surface area contributed by atoms with E-state index in [1.807, 2.05) is 51.1 Å². The van der Waals surface area contributed by atoms with E-state index in [1.165, 1.54) is 23.0 Å². The second-order valence-electron chi connectivity index (χ2n) is 8.13. The van der Waals surface area contributed by atoms with Gasteiger partial charge in [-0.05, 0) is 68.7 Å². The van der Waals surface area contributed by atoms with Crippen molar-refractivity contribution in [1.29, 1.82) is 0 Å². The molecule has 4 rings (SSSR count). The van der Waals surface area contributed by atoms with Crippen molar-refractivity contribution < 1.29 is 13.2 Å². The maximum absolute atomic E-state index is 13.7. The van der Waals surface area contributed by atoms with Gasteiger partial charge in [-0.1, -0.05) is 29.8 Å². The minimum absolute atomic E-state index is 0.189. The molecule has 1 saturated carbocycles. The van der Waals surface area contributed by atoms with Crippen LogP contribution in [0.2, 0.25) is 0 Å². The minimum Gasteiger partial charge on any atom is -0.293 e. The molecule has 152 valence electrons. The summed E-state index contributed by atoms with van der Waals surface area (Å²) in [6.07, 6.45) is 4.80. The molecule has 0 N–H and O–H groups in total. The van der Waals surface area contributed by atoms with Crippen molar-refractivity contribution >= 4 is 38.3 Å². The summed E-state index contributed by atoms with van der Waals surface area (Å²) < 4.78 is 28.6. The molecule has 0 spiro atoms. The van der Waals surface area contributed by atoms with Gasteiger partial charge in [0.1, 0.15) is 0 Å². The number of Topliss-reactive ketones (excluding diaryl/α,β-unsaturated/α-hetero) is 1. The normalized spacial score (nSPS) is 14.5. The molecule has 1 aliphatic rings. The van der Waals surface area contributed by atoms with Gasteiger partial charge in [0.15, 0.2) is 5.78 Å². The Morgan fingerprint density at radius 3 is 2.34 bits per heavy atom. The average molecular weight is 430 g/mol. The van der Waals surface area contributed by atoms with Gasteiger partial charge in [-0.25, -0.2) is 12.4 Å². The van der Waals surface area contributed by atoms with Crippen LogP contribution < -0.4 is 0 Å². The third-order valence-corrected chi connectivity index (χ3v) is 7.82. The van der Waals surface area contributed by atoms with Crippen LogP contribution in [0.4, 0.5) is 0 Å². The molecule has 0 unspecified atom stereocenters. The number of alkyl halides is 1. The van der Waals surface area contributed by atoms with Gasteiger partial charge >= 0.3 is 0 Å². The lowest BCUT2D eigenvalue weighted by Gasteiger charge is -2.14. The molecule has 29 heavy (non-hydrogen) atoms. The second-order valence-corrected chi connectivity index (χ2v) is 10.1. The lowest BCUT2D eigenvalue weighted by atomic mass is 10.0. The van der Waals surface area contributed by atoms with Crippen LogP contribution in [-0.2, 0) is 16.4 Å². The Morgan fingerprint density at radius 1 is 1.10 bits per heavy atom. The van der Waals surface area contributed by atoms with Crippen LogP contribution in [0.1, 0.15) is 45.5 Å².